The number of fused-ring (bicyclic) bond motifs is 1. The van der Waals surface area contributed by atoms with Gasteiger partial charge < -0.3 is 15.2 Å². The summed E-state index contributed by atoms with van der Waals surface area (Å²) in [5, 5.41) is 5.23. The van der Waals surface area contributed by atoms with Crippen LogP contribution >= 0.6 is 11.3 Å². The summed E-state index contributed by atoms with van der Waals surface area (Å²) in [5.74, 6) is 0.304. The second-order valence-corrected chi connectivity index (χ2v) is 8.14. The van der Waals surface area contributed by atoms with Gasteiger partial charge in [-0.25, -0.2) is 4.98 Å². The summed E-state index contributed by atoms with van der Waals surface area (Å²) < 4.78 is 0.593. The van der Waals surface area contributed by atoms with Crippen molar-refractivity contribution in [3.63, 3.8) is 0 Å². The molecule has 2 aromatic carbocycles. The first-order valence-electron chi connectivity index (χ1n) is 9.58. The number of carbonyl (C=O) groups is 1. The molecule has 0 radical (unpaired) electrons. The molecule has 4 aromatic rings. The molecule has 0 unspecified atom stereocenters. The SMILES string of the molecule is Cc1cccc(Nc2ccccc2C(=O)N(C)Cc2nc3ccsc3c(=O)[nH]2)c1C. The van der Waals surface area contributed by atoms with Crippen LogP contribution in [0.15, 0.2) is 58.7 Å². The molecule has 2 N–H and O–H groups in total. The highest BCUT2D eigenvalue weighted by Gasteiger charge is 2.18. The van der Waals surface area contributed by atoms with E-state index in [-0.39, 0.29) is 18.0 Å². The number of aryl methyl sites for hydroxylation is 1. The van der Waals surface area contributed by atoms with Gasteiger partial charge in [0, 0.05) is 12.7 Å². The Kier molecular flexibility index (Phi) is 5.37. The molecule has 0 aliphatic carbocycles. The maximum absolute atomic E-state index is 13.2. The largest absolute Gasteiger partial charge is 0.355 e. The van der Waals surface area contributed by atoms with Crippen molar-refractivity contribution >= 4 is 38.8 Å². The third-order valence-corrected chi connectivity index (χ3v) is 6.03. The van der Waals surface area contributed by atoms with Gasteiger partial charge in [-0.1, -0.05) is 24.3 Å². The van der Waals surface area contributed by atoms with Crippen LogP contribution in [-0.4, -0.2) is 27.8 Å². The Bertz CT molecular complexity index is 1290. The van der Waals surface area contributed by atoms with Crippen molar-refractivity contribution in [2.75, 3.05) is 12.4 Å². The van der Waals surface area contributed by atoms with E-state index in [4.69, 9.17) is 0 Å². The van der Waals surface area contributed by atoms with Gasteiger partial charge in [-0.2, -0.15) is 0 Å². The molecule has 30 heavy (non-hydrogen) atoms. The average Bonchev–Trinajstić information content (AvgIpc) is 3.20. The lowest BCUT2D eigenvalue weighted by Crippen LogP contribution is -2.28. The van der Waals surface area contributed by atoms with Gasteiger partial charge in [0.25, 0.3) is 11.5 Å². The second-order valence-electron chi connectivity index (χ2n) is 7.23. The predicted octanol–water partition coefficient (Wildman–Crippen LogP) is 4.62. The van der Waals surface area contributed by atoms with Gasteiger partial charge in [-0.3, -0.25) is 9.59 Å². The van der Waals surface area contributed by atoms with E-state index in [1.165, 1.54) is 16.9 Å². The highest BCUT2D eigenvalue weighted by molar-refractivity contribution is 7.17. The fourth-order valence-electron chi connectivity index (χ4n) is 3.31. The minimum atomic E-state index is -0.178. The fraction of sp³-hybridized carbons (Fsp3) is 0.174. The van der Waals surface area contributed by atoms with Gasteiger partial charge in [0.15, 0.2) is 0 Å². The van der Waals surface area contributed by atoms with Gasteiger partial charge in [0.2, 0.25) is 0 Å². The van der Waals surface area contributed by atoms with Gasteiger partial charge in [0.1, 0.15) is 10.5 Å². The monoisotopic (exact) mass is 418 g/mol. The Labute approximate surface area is 178 Å². The molecule has 1 amide bonds. The lowest BCUT2D eigenvalue weighted by atomic mass is 10.1. The van der Waals surface area contributed by atoms with Crippen LogP contribution in [-0.2, 0) is 6.54 Å². The summed E-state index contributed by atoms with van der Waals surface area (Å²) in [6.07, 6.45) is 0. The third kappa shape index (κ3) is 3.84. The molecule has 2 aromatic heterocycles. The zero-order valence-corrected chi connectivity index (χ0v) is 17.8. The molecule has 2 heterocycles. The van der Waals surface area contributed by atoms with Crippen LogP contribution < -0.4 is 10.9 Å². The van der Waals surface area contributed by atoms with Crippen molar-refractivity contribution in [1.29, 1.82) is 0 Å². The fourth-order valence-corrected chi connectivity index (χ4v) is 4.03. The van der Waals surface area contributed by atoms with Crippen molar-refractivity contribution < 1.29 is 4.79 Å². The van der Waals surface area contributed by atoms with Gasteiger partial charge in [0.05, 0.1) is 23.3 Å². The van der Waals surface area contributed by atoms with Gasteiger partial charge >= 0.3 is 0 Å². The Morgan fingerprint density at radius 2 is 1.87 bits per heavy atom. The lowest BCUT2D eigenvalue weighted by molar-refractivity contribution is 0.0782. The lowest BCUT2D eigenvalue weighted by Gasteiger charge is -2.20. The Morgan fingerprint density at radius 3 is 2.70 bits per heavy atom. The van der Waals surface area contributed by atoms with E-state index in [1.807, 2.05) is 41.8 Å². The first-order valence-corrected chi connectivity index (χ1v) is 10.5. The number of thiophene rings is 1. The number of para-hydroxylation sites is 1. The number of anilines is 2. The van der Waals surface area contributed by atoms with Crippen molar-refractivity contribution in [2.24, 2.45) is 0 Å². The normalized spacial score (nSPS) is 10.9. The van der Waals surface area contributed by atoms with Gasteiger partial charge in [-0.05, 0) is 54.6 Å². The van der Waals surface area contributed by atoms with Crippen molar-refractivity contribution in [2.45, 2.75) is 20.4 Å². The molecule has 0 aliphatic rings. The molecule has 4 rings (SSSR count). The molecule has 0 fully saturated rings. The van der Waals surface area contributed by atoms with Gasteiger partial charge in [-0.15, -0.1) is 11.3 Å². The first kappa shape index (κ1) is 19.8. The van der Waals surface area contributed by atoms with Crippen molar-refractivity contribution in [3.05, 3.63) is 86.8 Å². The number of nitrogens with one attached hydrogen (secondary N) is 2. The Morgan fingerprint density at radius 1 is 1.10 bits per heavy atom. The van der Waals surface area contributed by atoms with Crippen molar-refractivity contribution in [1.82, 2.24) is 14.9 Å². The molecule has 0 atom stereocenters. The highest BCUT2D eigenvalue weighted by Crippen LogP contribution is 2.26. The number of hydrogen-bond acceptors (Lipinski definition) is 5. The molecule has 0 spiro atoms. The quantitative estimate of drug-likeness (QED) is 0.496. The summed E-state index contributed by atoms with van der Waals surface area (Å²) >= 11 is 1.35. The standard InChI is InChI=1S/C23H22N4O2S/c1-14-7-6-10-17(15(14)2)24-18-9-5-4-8-16(18)23(29)27(3)13-20-25-19-11-12-30-21(19)22(28)26-20/h4-12,24H,13H2,1-3H3,(H,25,26,28). The number of hydrogen-bond donors (Lipinski definition) is 2. The number of aromatic amines is 1. The topological polar surface area (TPSA) is 78.1 Å². The second kappa shape index (κ2) is 8.12. The first-order chi connectivity index (χ1) is 14.4. The predicted molar refractivity (Wildman–Crippen MR) is 122 cm³/mol. The summed E-state index contributed by atoms with van der Waals surface area (Å²) in [5.41, 5.74) is 5.04. The molecule has 7 heteroatoms. The summed E-state index contributed by atoms with van der Waals surface area (Å²) in [4.78, 5) is 34.2. The maximum atomic E-state index is 13.2. The summed E-state index contributed by atoms with van der Waals surface area (Å²) in [7, 11) is 1.70. The van der Waals surface area contributed by atoms with E-state index in [0.717, 1.165) is 16.9 Å². The van der Waals surface area contributed by atoms with E-state index in [2.05, 4.69) is 35.2 Å². The molecular formula is C23H22N4O2S. The van der Waals surface area contributed by atoms with E-state index >= 15 is 0 Å². The van der Waals surface area contributed by atoms with Crippen molar-refractivity contribution in [3.8, 4) is 0 Å². The molecule has 0 saturated heterocycles. The molecule has 0 saturated carbocycles. The summed E-state index contributed by atoms with van der Waals surface area (Å²) in [6.45, 7) is 4.32. The number of nitrogens with zero attached hydrogens (tertiary/aromatic N) is 2. The third-order valence-electron chi connectivity index (χ3n) is 5.13. The summed E-state index contributed by atoms with van der Waals surface area (Å²) in [6, 6.07) is 15.3. The number of H-pyrrole nitrogens is 1. The molecule has 152 valence electrons. The smallest absolute Gasteiger partial charge is 0.268 e. The number of benzene rings is 2. The molecule has 0 aliphatic heterocycles. The van der Waals surface area contributed by atoms with E-state index < -0.39 is 0 Å². The Hall–Kier alpha value is -3.45. The zero-order chi connectivity index (χ0) is 21.3. The number of amides is 1. The highest BCUT2D eigenvalue weighted by atomic mass is 32.1. The van der Waals surface area contributed by atoms with E-state index in [1.54, 1.807) is 18.0 Å². The Balaban J connectivity index is 1.59. The van der Waals surface area contributed by atoms with E-state index in [9.17, 15) is 9.59 Å². The maximum Gasteiger partial charge on any atom is 0.268 e. The van der Waals surface area contributed by atoms with Crippen LogP contribution in [0.2, 0.25) is 0 Å². The van der Waals surface area contributed by atoms with Crippen LogP contribution in [0.3, 0.4) is 0 Å². The van der Waals surface area contributed by atoms with Crippen LogP contribution in [0.1, 0.15) is 27.3 Å². The number of carbonyl (C=O) groups excluding carboxylic acids is 1. The van der Waals surface area contributed by atoms with Crippen LogP contribution in [0.4, 0.5) is 11.4 Å². The number of aromatic nitrogens is 2. The van der Waals surface area contributed by atoms with Crippen LogP contribution in [0.25, 0.3) is 10.2 Å². The zero-order valence-electron chi connectivity index (χ0n) is 17.0. The van der Waals surface area contributed by atoms with Crippen LogP contribution in [0, 0.1) is 13.8 Å². The number of rotatable bonds is 5. The molecule has 0 bridgehead atoms. The minimum absolute atomic E-state index is 0.156. The molecule has 6 nitrogen and oxygen atoms in total. The van der Waals surface area contributed by atoms with E-state index in [0.29, 0.717) is 21.6 Å². The minimum Gasteiger partial charge on any atom is -0.355 e. The molecular weight excluding hydrogens is 396 g/mol. The van der Waals surface area contributed by atoms with Crippen LogP contribution in [0.5, 0.6) is 0 Å². The average molecular weight is 419 g/mol.